The van der Waals surface area contributed by atoms with Crippen LogP contribution in [0.15, 0.2) is 24.3 Å². The molecule has 1 aromatic rings. The standard InChI is InChI=1S/C19H26FN3O3/c1-11(2)9-15-18(25)23(19(26)21-15)10-16(24)22-17(12(3)4)13-5-7-14(20)8-6-13/h5-8,11-12,15,17H,9-10H2,1-4H3,(H,21,26)(H,22,24). The molecule has 0 radical (unpaired) electrons. The van der Waals surface area contributed by atoms with Crippen LogP contribution in [-0.4, -0.2) is 35.3 Å². The summed E-state index contributed by atoms with van der Waals surface area (Å²) in [5, 5.41) is 5.46. The summed E-state index contributed by atoms with van der Waals surface area (Å²) in [6.07, 6.45) is 0.535. The Hall–Kier alpha value is -2.44. The summed E-state index contributed by atoms with van der Waals surface area (Å²) in [4.78, 5) is 37.7. The maximum absolute atomic E-state index is 13.1. The zero-order chi connectivity index (χ0) is 19.4. The third-order valence-corrected chi connectivity index (χ3v) is 4.33. The molecule has 1 saturated heterocycles. The zero-order valence-electron chi connectivity index (χ0n) is 15.6. The molecular formula is C19H26FN3O3. The number of nitrogens with zero attached hydrogens (tertiary/aromatic N) is 1. The van der Waals surface area contributed by atoms with Gasteiger partial charge in [-0.3, -0.25) is 14.5 Å². The van der Waals surface area contributed by atoms with Crippen molar-refractivity contribution in [3.05, 3.63) is 35.6 Å². The molecule has 1 aliphatic heterocycles. The van der Waals surface area contributed by atoms with Crippen molar-refractivity contribution >= 4 is 17.8 Å². The first-order valence-electron chi connectivity index (χ1n) is 8.85. The van der Waals surface area contributed by atoms with Gasteiger partial charge in [-0.1, -0.05) is 39.8 Å². The Morgan fingerprint density at radius 1 is 1.19 bits per heavy atom. The van der Waals surface area contributed by atoms with Gasteiger partial charge < -0.3 is 10.6 Å². The average Bonchev–Trinajstić information content (AvgIpc) is 2.80. The Bertz CT molecular complexity index is 673. The van der Waals surface area contributed by atoms with Crippen LogP contribution in [0.2, 0.25) is 0 Å². The second kappa shape index (κ2) is 8.29. The van der Waals surface area contributed by atoms with Crippen LogP contribution in [0.4, 0.5) is 9.18 Å². The van der Waals surface area contributed by atoms with Crippen molar-refractivity contribution in [2.24, 2.45) is 11.8 Å². The number of hydrogen-bond donors (Lipinski definition) is 2. The lowest BCUT2D eigenvalue weighted by Crippen LogP contribution is -2.43. The van der Waals surface area contributed by atoms with Gasteiger partial charge in [-0.15, -0.1) is 0 Å². The number of hydrogen-bond acceptors (Lipinski definition) is 3. The topological polar surface area (TPSA) is 78.5 Å². The predicted molar refractivity (Wildman–Crippen MR) is 95.6 cm³/mol. The Labute approximate surface area is 153 Å². The maximum Gasteiger partial charge on any atom is 0.325 e. The maximum atomic E-state index is 13.1. The van der Waals surface area contributed by atoms with Gasteiger partial charge in [0.2, 0.25) is 5.91 Å². The lowest BCUT2D eigenvalue weighted by molar-refractivity contribution is -0.132. The molecule has 142 valence electrons. The Morgan fingerprint density at radius 2 is 1.81 bits per heavy atom. The summed E-state index contributed by atoms with van der Waals surface area (Å²) in [7, 11) is 0. The van der Waals surface area contributed by atoms with E-state index in [0.29, 0.717) is 6.42 Å². The molecule has 0 aromatic heterocycles. The predicted octanol–water partition coefficient (Wildman–Crippen LogP) is 2.61. The molecule has 1 aliphatic rings. The van der Waals surface area contributed by atoms with Crippen LogP contribution in [0.1, 0.15) is 45.7 Å². The summed E-state index contributed by atoms with van der Waals surface area (Å²) < 4.78 is 13.1. The van der Waals surface area contributed by atoms with Gasteiger partial charge in [0.05, 0.1) is 6.04 Å². The largest absolute Gasteiger partial charge is 0.347 e. The quantitative estimate of drug-likeness (QED) is 0.731. The van der Waals surface area contributed by atoms with Crippen molar-refractivity contribution in [2.45, 2.75) is 46.2 Å². The highest BCUT2D eigenvalue weighted by Gasteiger charge is 2.39. The van der Waals surface area contributed by atoms with Crippen LogP contribution in [0.25, 0.3) is 0 Å². The number of halogens is 1. The number of rotatable bonds is 7. The van der Waals surface area contributed by atoms with Crippen molar-refractivity contribution in [1.29, 1.82) is 0 Å². The van der Waals surface area contributed by atoms with Crippen molar-refractivity contribution in [3.8, 4) is 0 Å². The fourth-order valence-corrected chi connectivity index (χ4v) is 3.03. The molecule has 0 aliphatic carbocycles. The molecule has 6 nitrogen and oxygen atoms in total. The highest BCUT2D eigenvalue weighted by atomic mass is 19.1. The summed E-state index contributed by atoms with van der Waals surface area (Å²) in [6, 6.07) is 4.46. The van der Waals surface area contributed by atoms with Crippen LogP contribution in [0.3, 0.4) is 0 Å². The Morgan fingerprint density at radius 3 is 2.35 bits per heavy atom. The molecule has 26 heavy (non-hydrogen) atoms. The number of nitrogens with one attached hydrogen (secondary N) is 2. The summed E-state index contributed by atoms with van der Waals surface area (Å²) in [5.74, 6) is -0.843. The van der Waals surface area contributed by atoms with Crippen molar-refractivity contribution in [1.82, 2.24) is 15.5 Å². The number of carbonyl (C=O) groups is 3. The van der Waals surface area contributed by atoms with E-state index < -0.39 is 18.0 Å². The van der Waals surface area contributed by atoms with Gasteiger partial charge in [0, 0.05) is 0 Å². The number of imide groups is 1. The summed E-state index contributed by atoms with van der Waals surface area (Å²) in [5.41, 5.74) is 0.768. The van der Waals surface area contributed by atoms with E-state index in [1.54, 1.807) is 12.1 Å². The number of urea groups is 1. The van der Waals surface area contributed by atoms with Gasteiger partial charge in [-0.2, -0.15) is 0 Å². The minimum Gasteiger partial charge on any atom is -0.347 e. The molecule has 1 aromatic carbocycles. The van der Waals surface area contributed by atoms with Gasteiger partial charge in [-0.05, 0) is 36.0 Å². The van der Waals surface area contributed by atoms with Gasteiger partial charge in [0.1, 0.15) is 18.4 Å². The van der Waals surface area contributed by atoms with E-state index in [1.807, 2.05) is 27.7 Å². The lowest BCUT2D eigenvalue weighted by atomic mass is 9.96. The highest BCUT2D eigenvalue weighted by Crippen LogP contribution is 2.22. The average molecular weight is 363 g/mol. The normalized spacial score (nSPS) is 18.4. The first kappa shape index (κ1) is 19.9. The molecule has 0 bridgehead atoms. The van der Waals surface area contributed by atoms with E-state index in [0.717, 1.165) is 10.5 Å². The lowest BCUT2D eigenvalue weighted by Gasteiger charge is -2.24. The third kappa shape index (κ3) is 4.80. The summed E-state index contributed by atoms with van der Waals surface area (Å²) >= 11 is 0. The SMILES string of the molecule is CC(C)CC1NC(=O)N(CC(=O)NC(c2ccc(F)cc2)C(C)C)C1=O. The van der Waals surface area contributed by atoms with Crippen LogP contribution >= 0.6 is 0 Å². The number of benzene rings is 1. The fraction of sp³-hybridized carbons (Fsp3) is 0.526. The summed E-state index contributed by atoms with van der Waals surface area (Å²) in [6.45, 7) is 7.46. The second-order valence-corrected chi connectivity index (χ2v) is 7.40. The van der Waals surface area contributed by atoms with Crippen molar-refractivity contribution in [2.75, 3.05) is 6.54 Å². The van der Waals surface area contributed by atoms with Crippen LogP contribution in [0.5, 0.6) is 0 Å². The minimum absolute atomic E-state index is 0.0567. The molecule has 0 saturated carbocycles. The molecule has 4 amide bonds. The first-order chi connectivity index (χ1) is 12.2. The van der Waals surface area contributed by atoms with E-state index in [2.05, 4.69) is 10.6 Å². The number of amides is 4. The van der Waals surface area contributed by atoms with Crippen LogP contribution in [0, 0.1) is 17.7 Å². The van der Waals surface area contributed by atoms with E-state index in [9.17, 15) is 18.8 Å². The molecule has 1 heterocycles. The minimum atomic E-state index is -0.576. The first-order valence-corrected chi connectivity index (χ1v) is 8.85. The Balaban J connectivity index is 2.03. The van der Waals surface area contributed by atoms with Gasteiger partial charge in [0.15, 0.2) is 0 Å². The monoisotopic (exact) mass is 363 g/mol. The van der Waals surface area contributed by atoms with Crippen molar-refractivity contribution in [3.63, 3.8) is 0 Å². The van der Waals surface area contributed by atoms with Crippen molar-refractivity contribution < 1.29 is 18.8 Å². The van der Waals surface area contributed by atoms with E-state index in [-0.39, 0.29) is 36.1 Å². The van der Waals surface area contributed by atoms with E-state index >= 15 is 0 Å². The van der Waals surface area contributed by atoms with Crippen LogP contribution in [-0.2, 0) is 9.59 Å². The molecule has 2 rings (SSSR count). The molecule has 0 spiro atoms. The van der Waals surface area contributed by atoms with Gasteiger partial charge >= 0.3 is 6.03 Å². The van der Waals surface area contributed by atoms with E-state index in [1.165, 1.54) is 12.1 Å². The second-order valence-electron chi connectivity index (χ2n) is 7.40. The molecule has 2 N–H and O–H groups in total. The molecular weight excluding hydrogens is 337 g/mol. The third-order valence-electron chi connectivity index (χ3n) is 4.33. The zero-order valence-corrected chi connectivity index (χ0v) is 15.6. The highest BCUT2D eigenvalue weighted by molar-refractivity contribution is 6.06. The van der Waals surface area contributed by atoms with Gasteiger partial charge in [0.25, 0.3) is 5.91 Å². The molecule has 1 fully saturated rings. The fourth-order valence-electron chi connectivity index (χ4n) is 3.03. The smallest absolute Gasteiger partial charge is 0.325 e. The molecule has 2 unspecified atom stereocenters. The number of carbonyl (C=O) groups excluding carboxylic acids is 3. The van der Waals surface area contributed by atoms with Gasteiger partial charge in [-0.25, -0.2) is 9.18 Å². The molecule has 2 atom stereocenters. The van der Waals surface area contributed by atoms with Crippen LogP contribution < -0.4 is 10.6 Å². The molecule has 7 heteroatoms. The van der Waals surface area contributed by atoms with E-state index in [4.69, 9.17) is 0 Å². The Kier molecular flexibility index (Phi) is 6.34.